The van der Waals surface area contributed by atoms with E-state index in [0.717, 1.165) is 25.0 Å². The second-order valence-electron chi connectivity index (χ2n) is 14.7. The van der Waals surface area contributed by atoms with E-state index < -0.39 is 0 Å². The number of allylic oxidation sites excluding steroid dienone is 5. The summed E-state index contributed by atoms with van der Waals surface area (Å²) in [6.45, 7) is 2.29. The fraction of sp³-hybridized carbons (Fsp3) is 0.137. The Bertz CT molecular complexity index is 2510. The Kier molecular flexibility index (Phi) is 7.83. The second-order valence-corrected chi connectivity index (χ2v) is 14.7. The van der Waals surface area contributed by atoms with Gasteiger partial charge in [-0.1, -0.05) is 165 Å². The summed E-state index contributed by atoms with van der Waals surface area (Å²) in [5.74, 6) is 1.31. The SMILES string of the molecule is CC1C=CC(c2cccc3ccccc23)=C2c3cc(N(c4ccc(-c5ccc(-c6ccccc6)cc5)cc4)C4C=CC=CC4)c4c(c3OC21)C=CCC4. The summed E-state index contributed by atoms with van der Waals surface area (Å²) in [6.07, 6.45) is 21.3. The summed E-state index contributed by atoms with van der Waals surface area (Å²) in [5, 5.41) is 2.53. The van der Waals surface area contributed by atoms with Gasteiger partial charge in [-0.2, -0.15) is 0 Å². The van der Waals surface area contributed by atoms with Gasteiger partial charge in [-0.05, 0) is 87.2 Å². The van der Waals surface area contributed by atoms with Gasteiger partial charge in [0.2, 0.25) is 0 Å². The third-order valence-corrected chi connectivity index (χ3v) is 11.5. The summed E-state index contributed by atoms with van der Waals surface area (Å²) in [5.41, 5.74) is 15.1. The first-order valence-corrected chi connectivity index (χ1v) is 19.0. The molecule has 0 saturated carbocycles. The van der Waals surface area contributed by atoms with Crippen molar-refractivity contribution < 1.29 is 4.74 Å². The molecule has 0 fully saturated rings. The van der Waals surface area contributed by atoms with Gasteiger partial charge in [-0.25, -0.2) is 0 Å². The molecule has 2 nitrogen and oxygen atoms in total. The maximum absolute atomic E-state index is 7.07. The minimum absolute atomic E-state index is 0.0304. The van der Waals surface area contributed by atoms with Crippen molar-refractivity contribution >= 4 is 39.4 Å². The third-order valence-electron chi connectivity index (χ3n) is 11.5. The predicted octanol–water partition coefficient (Wildman–Crippen LogP) is 13.0. The average molecular weight is 684 g/mol. The summed E-state index contributed by atoms with van der Waals surface area (Å²) < 4.78 is 7.07. The Morgan fingerprint density at radius 2 is 1.36 bits per heavy atom. The van der Waals surface area contributed by atoms with Crippen LogP contribution >= 0.6 is 0 Å². The number of hydrogen-bond acceptors (Lipinski definition) is 2. The summed E-state index contributed by atoms with van der Waals surface area (Å²) >= 11 is 0. The van der Waals surface area contributed by atoms with Crippen molar-refractivity contribution in [3.05, 3.63) is 192 Å². The molecular weight excluding hydrogens is 643 g/mol. The highest BCUT2D eigenvalue weighted by Crippen LogP contribution is 2.54. The second kappa shape index (κ2) is 13.1. The maximum atomic E-state index is 7.07. The number of fused-ring (bicyclic) bond motifs is 6. The van der Waals surface area contributed by atoms with Crippen molar-refractivity contribution in [1.82, 2.24) is 0 Å². The normalized spacial score (nSPS) is 19.5. The topological polar surface area (TPSA) is 12.5 Å². The van der Waals surface area contributed by atoms with Crippen molar-refractivity contribution in [2.75, 3.05) is 4.90 Å². The first-order valence-electron chi connectivity index (χ1n) is 19.0. The lowest BCUT2D eigenvalue weighted by molar-refractivity contribution is 0.235. The molecular formula is C51H41NO. The van der Waals surface area contributed by atoms with E-state index in [-0.39, 0.29) is 18.1 Å². The maximum Gasteiger partial charge on any atom is 0.135 e. The fourth-order valence-corrected chi connectivity index (χ4v) is 8.83. The van der Waals surface area contributed by atoms with E-state index >= 15 is 0 Å². The van der Waals surface area contributed by atoms with E-state index in [1.54, 1.807) is 0 Å². The highest BCUT2D eigenvalue weighted by atomic mass is 16.5. The number of anilines is 2. The zero-order chi connectivity index (χ0) is 35.3. The Morgan fingerprint density at radius 1 is 0.642 bits per heavy atom. The summed E-state index contributed by atoms with van der Waals surface area (Å²) in [4.78, 5) is 2.59. The Hall–Kier alpha value is -6.12. The quantitative estimate of drug-likeness (QED) is 0.173. The van der Waals surface area contributed by atoms with Crippen LogP contribution in [0.15, 0.2) is 170 Å². The van der Waals surface area contributed by atoms with E-state index in [2.05, 4.69) is 188 Å². The first-order chi connectivity index (χ1) is 26.2. The number of hydrogen-bond donors (Lipinski definition) is 0. The molecule has 0 radical (unpaired) electrons. The molecule has 1 heterocycles. The van der Waals surface area contributed by atoms with Crippen molar-refractivity contribution in [3.8, 4) is 28.0 Å². The molecule has 3 unspecified atom stereocenters. The monoisotopic (exact) mass is 683 g/mol. The van der Waals surface area contributed by atoms with Gasteiger partial charge in [0.1, 0.15) is 11.9 Å². The van der Waals surface area contributed by atoms with E-state index in [1.807, 2.05) is 0 Å². The molecule has 0 amide bonds. The molecule has 1 aliphatic heterocycles. The minimum atomic E-state index is -0.0304. The lowest BCUT2D eigenvalue weighted by atomic mass is 9.80. The lowest BCUT2D eigenvalue weighted by Gasteiger charge is -2.35. The highest BCUT2D eigenvalue weighted by molar-refractivity contribution is 6.08. The van der Waals surface area contributed by atoms with Gasteiger partial charge in [0.15, 0.2) is 0 Å². The van der Waals surface area contributed by atoms with Crippen LogP contribution in [0.3, 0.4) is 0 Å². The number of benzene rings is 6. The molecule has 256 valence electrons. The number of rotatable bonds is 6. The van der Waals surface area contributed by atoms with Crippen LogP contribution in [-0.4, -0.2) is 12.1 Å². The van der Waals surface area contributed by atoms with Gasteiger partial charge < -0.3 is 9.64 Å². The van der Waals surface area contributed by atoms with Crippen LogP contribution in [-0.2, 0) is 6.42 Å². The van der Waals surface area contributed by atoms with Crippen LogP contribution in [0.5, 0.6) is 5.75 Å². The van der Waals surface area contributed by atoms with Gasteiger partial charge in [0.25, 0.3) is 0 Å². The molecule has 3 atom stereocenters. The zero-order valence-electron chi connectivity index (χ0n) is 30.0. The first kappa shape index (κ1) is 31.6. The molecule has 0 bridgehead atoms. The van der Waals surface area contributed by atoms with Crippen molar-refractivity contribution in [3.63, 3.8) is 0 Å². The average Bonchev–Trinajstić information content (AvgIpc) is 3.63. The largest absolute Gasteiger partial charge is 0.484 e. The van der Waals surface area contributed by atoms with Gasteiger partial charge in [0, 0.05) is 34.0 Å². The smallest absolute Gasteiger partial charge is 0.135 e. The van der Waals surface area contributed by atoms with E-state index in [4.69, 9.17) is 4.74 Å². The van der Waals surface area contributed by atoms with Crippen LogP contribution in [0.2, 0.25) is 0 Å². The van der Waals surface area contributed by atoms with Gasteiger partial charge in [0.05, 0.1) is 6.04 Å². The van der Waals surface area contributed by atoms with Gasteiger partial charge >= 0.3 is 0 Å². The molecule has 53 heavy (non-hydrogen) atoms. The Labute approximate surface area is 312 Å². The summed E-state index contributed by atoms with van der Waals surface area (Å²) in [7, 11) is 0. The third kappa shape index (κ3) is 5.49. The molecule has 6 aromatic rings. The van der Waals surface area contributed by atoms with Crippen molar-refractivity contribution in [1.29, 1.82) is 0 Å². The van der Waals surface area contributed by atoms with Gasteiger partial charge in [-0.15, -0.1) is 0 Å². The van der Waals surface area contributed by atoms with Crippen LogP contribution in [0.1, 0.15) is 42.0 Å². The molecule has 0 saturated heterocycles. The minimum Gasteiger partial charge on any atom is -0.484 e. The van der Waals surface area contributed by atoms with Gasteiger partial charge in [-0.3, -0.25) is 0 Å². The molecule has 10 rings (SSSR count). The molecule has 6 aromatic carbocycles. The van der Waals surface area contributed by atoms with Crippen molar-refractivity contribution in [2.45, 2.75) is 38.3 Å². The van der Waals surface area contributed by atoms with E-state index in [9.17, 15) is 0 Å². The standard InChI is InChI=1S/C51H41NO/c1-34-23-32-45(43-22-12-16-39-15-8-9-19-42(39)43)49-47-33-48(44-20-10-11-21-46(44)51(47)53-50(34)49)52(40-17-6-3-7-18-40)41-30-28-38(29-31-41)37-26-24-36(25-27-37)35-13-4-2-5-14-35/h2-9,11-17,19,21-34,40,50H,10,18,20H2,1H3. The number of ether oxygens (including phenoxy) is 1. The predicted molar refractivity (Wildman–Crippen MR) is 223 cm³/mol. The summed E-state index contributed by atoms with van der Waals surface area (Å²) in [6, 6.07) is 46.8. The van der Waals surface area contributed by atoms with E-state index in [1.165, 1.54) is 77.8 Å². The number of nitrogens with zero attached hydrogens (tertiary/aromatic N) is 1. The zero-order valence-corrected chi connectivity index (χ0v) is 30.0. The van der Waals surface area contributed by atoms with Crippen LogP contribution in [0.4, 0.5) is 11.4 Å². The Balaban J connectivity index is 1.11. The molecule has 0 aromatic heterocycles. The molecule has 2 heteroatoms. The van der Waals surface area contributed by atoms with Crippen LogP contribution in [0.25, 0.3) is 50.2 Å². The lowest BCUT2D eigenvalue weighted by Crippen LogP contribution is -2.31. The van der Waals surface area contributed by atoms with Crippen LogP contribution in [0, 0.1) is 5.92 Å². The van der Waals surface area contributed by atoms with Crippen molar-refractivity contribution in [2.24, 2.45) is 5.92 Å². The van der Waals surface area contributed by atoms with Crippen LogP contribution < -0.4 is 9.64 Å². The Morgan fingerprint density at radius 3 is 2.13 bits per heavy atom. The van der Waals surface area contributed by atoms with E-state index in [0.29, 0.717) is 0 Å². The molecule has 0 spiro atoms. The fourth-order valence-electron chi connectivity index (χ4n) is 8.83. The molecule has 4 aliphatic rings. The molecule has 0 N–H and O–H groups in total. The molecule has 3 aliphatic carbocycles. The highest BCUT2D eigenvalue weighted by Gasteiger charge is 2.40.